The maximum absolute atomic E-state index is 13.6. The van der Waals surface area contributed by atoms with Crippen LogP contribution in [0.2, 0.25) is 5.02 Å². The first-order valence-electron chi connectivity index (χ1n) is 10.2. The van der Waals surface area contributed by atoms with E-state index in [1.165, 1.54) is 0 Å². The Morgan fingerprint density at radius 2 is 1.38 bits per heavy atom. The highest BCUT2D eigenvalue weighted by atomic mass is 35.5. The summed E-state index contributed by atoms with van der Waals surface area (Å²) < 4.78 is 0. The van der Waals surface area contributed by atoms with Crippen molar-refractivity contribution in [3.63, 3.8) is 0 Å². The summed E-state index contributed by atoms with van der Waals surface area (Å²) in [4.78, 5) is 39.9. The molecule has 0 aromatic heterocycles. The molecule has 1 aliphatic heterocycles. The van der Waals surface area contributed by atoms with E-state index in [1.54, 1.807) is 48.5 Å². The highest BCUT2D eigenvalue weighted by Crippen LogP contribution is 2.34. The minimum Gasteiger partial charge on any atom is -0.325 e. The Kier molecular flexibility index (Phi) is 5.97. The van der Waals surface area contributed by atoms with Gasteiger partial charge in [0.1, 0.15) is 5.92 Å². The average Bonchev–Trinajstić information content (AvgIpc) is 2.88. The molecule has 162 valence electrons. The van der Waals surface area contributed by atoms with Gasteiger partial charge in [0.15, 0.2) is 0 Å². The molecule has 0 spiro atoms. The van der Waals surface area contributed by atoms with E-state index >= 15 is 0 Å². The lowest BCUT2D eigenvalue weighted by Crippen LogP contribution is -2.41. The van der Waals surface area contributed by atoms with E-state index in [-0.39, 0.29) is 0 Å². The second kappa shape index (κ2) is 8.85. The molecule has 1 unspecified atom stereocenters. The number of hydrogen-bond acceptors (Lipinski definition) is 3. The van der Waals surface area contributed by atoms with Crippen molar-refractivity contribution >= 4 is 46.4 Å². The van der Waals surface area contributed by atoms with E-state index in [0.717, 1.165) is 11.1 Å². The fourth-order valence-electron chi connectivity index (χ4n) is 3.92. The molecular weight excluding hydrogens is 426 g/mol. The molecule has 0 bridgehead atoms. The van der Waals surface area contributed by atoms with Crippen LogP contribution in [0.25, 0.3) is 0 Å². The second-order valence-electron chi connectivity index (χ2n) is 7.79. The Morgan fingerprint density at radius 3 is 1.91 bits per heavy atom. The van der Waals surface area contributed by atoms with Crippen LogP contribution >= 0.6 is 11.6 Å². The fourth-order valence-corrected chi connectivity index (χ4v) is 4.05. The zero-order valence-electron chi connectivity index (χ0n) is 17.6. The first kappa shape index (κ1) is 21.6. The number of fused-ring (bicyclic) bond motifs is 1. The Bertz CT molecular complexity index is 1150. The molecule has 1 heterocycles. The minimum atomic E-state index is -1.28. The smallest absolute Gasteiger partial charge is 0.238 e. The molecule has 1 atom stereocenters. The monoisotopic (exact) mass is 447 g/mol. The van der Waals surface area contributed by atoms with Crippen molar-refractivity contribution in [3.8, 4) is 0 Å². The van der Waals surface area contributed by atoms with E-state index < -0.39 is 29.6 Å². The second-order valence-corrected chi connectivity index (χ2v) is 8.22. The number of rotatable bonds is 4. The molecule has 6 nitrogen and oxygen atoms in total. The van der Waals surface area contributed by atoms with Gasteiger partial charge in [-0.15, -0.1) is 0 Å². The topological polar surface area (TPSA) is 87.3 Å². The highest BCUT2D eigenvalue weighted by molar-refractivity contribution is 6.30. The van der Waals surface area contributed by atoms with Gasteiger partial charge in [0, 0.05) is 10.7 Å². The molecule has 0 radical (unpaired) electrons. The number of benzene rings is 3. The number of carbonyl (C=O) groups excluding carboxylic acids is 3. The summed E-state index contributed by atoms with van der Waals surface area (Å²) in [5.41, 5.74) is 3.91. The SMILES string of the molecule is Cc1cccc(C)c1NC(=O)C(c1ccc(Cl)cc1)C1C(=O)Nc2ccccc2NC1=O. The number of para-hydroxylation sites is 3. The van der Waals surface area contributed by atoms with E-state index in [1.807, 2.05) is 32.0 Å². The normalized spacial score (nSPS) is 14.6. The van der Waals surface area contributed by atoms with Crippen LogP contribution in [-0.2, 0) is 14.4 Å². The van der Waals surface area contributed by atoms with Crippen molar-refractivity contribution in [2.75, 3.05) is 16.0 Å². The molecule has 7 heteroatoms. The van der Waals surface area contributed by atoms with Crippen molar-refractivity contribution in [1.29, 1.82) is 0 Å². The molecule has 4 rings (SSSR count). The van der Waals surface area contributed by atoms with Crippen LogP contribution in [0, 0.1) is 19.8 Å². The first-order valence-corrected chi connectivity index (χ1v) is 10.6. The Hall–Kier alpha value is -3.64. The van der Waals surface area contributed by atoms with Crippen molar-refractivity contribution in [3.05, 3.63) is 88.4 Å². The number of amides is 3. The van der Waals surface area contributed by atoms with E-state index in [0.29, 0.717) is 27.6 Å². The number of carbonyl (C=O) groups is 3. The van der Waals surface area contributed by atoms with Crippen molar-refractivity contribution in [1.82, 2.24) is 0 Å². The molecule has 0 fully saturated rings. The summed E-state index contributed by atoms with van der Waals surface area (Å²) in [6.07, 6.45) is 0. The molecular formula is C25H22ClN3O3. The fraction of sp³-hybridized carbons (Fsp3) is 0.160. The number of hydrogen-bond donors (Lipinski definition) is 3. The number of aryl methyl sites for hydroxylation is 2. The van der Waals surface area contributed by atoms with Gasteiger partial charge in [-0.1, -0.05) is 54.1 Å². The lowest BCUT2D eigenvalue weighted by molar-refractivity contribution is -0.134. The number of nitrogens with one attached hydrogen (secondary N) is 3. The van der Waals surface area contributed by atoms with Gasteiger partial charge in [0.2, 0.25) is 17.7 Å². The van der Waals surface area contributed by atoms with Crippen molar-refractivity contribution in [2.45, 2.75) is 19.8 Å². The summed E-state index contributed by atoms with van der Waals surface area (Å²) in [7, 11) is 0. The van der Waals surface area contributed by atoms with Crippen molar-refractivity contribution in [2.24, 2.45) is 5.92 Å². The molecule has 3 aromatic rings. The third kappa shape index (κ3) is 4.22. The van der Waals surface area contributed by atoms with E-state index in [4.69, 9.17) is 11.6 Å². The lowest BCUT2D eigenvalue weighted by atomic mass is 9.83. The largest absolute Gasteiger partial charge is 0.325 e. The van der Waals surface area contributed by atoms with Crippen LogP contribution in [0.5, 0.6) is 0 Å². The maximum atomic E-state index is 13.6. The zero-order chi connectivity index (χ0) is 22.8. The number of anilines is 3. The van der Waals surface area contributed by atoms with Gasteiger partial charge in [-0.2, -0.15) is 0 Å². The predicted molar refractivity (Wildman–Crippen MR) is 126 cm³/mol. The molecule has 0 saturated heterocycles. The molecule has 0 saturated carbocycles. The number of halogens is 1. The van der Waals surface area contributed by atoms with Crippen LogP contribution < -0.4 is 16.0 Å². The lowest BCUT2D eigenvalue weighted by Gasteiger charge is -2.24. The molecule has 3 N–H and O–H groups in total. The van der Waals surface area contributed by atoms with Crippen molar-refractivity contribution < 1.29 is 14.4 Å². The summed E-state index contributed by atoms with van der Waals surface area (Å²) in [6.45, 7) is 3.78. The highest BCUT2D eigenvalue weighted by Gasteiger charge is 2.42. The quantitative estimate of drug-likeness (QED) is 0.498. The third-order valence-electron chi connectivity index (χ3n) is 5.58. The van der Waals surface area contributed by atoms with Gasteiger partial charge in [-0.25, -0.2) is 0 Å². The zero-order valence-corrected chi connectivity index (χ0v) is 18.4. The van der Waals surface area contributed by atoms with Crippen LogP contribution in [0.3, 0.4) is 0 Å². The molecule has 32 heavy (non-hydrogen) atoms. The predicted octanol–water partition coefficient (Wildman–Crippen LogP) is 4.89. The Balaban J connectivity index is 1.76. The van der Waals surface area contributed by atoms with E-state index in [2.05, 4.69) is 16.0 Å². The van der Waals surface area contributed by atoms with Gasteiger partial charge < -0.3 is 16.0 Å². The standard InChI is InChI=1S/C25H22ClN3O3/c1-14-6-5-7-15(2)22(14)29-23(30)20(16-10-12-17(26)13-11-16)21-24(31)27-18-8-3-4-9-19(18)28-25(21)32/h3-13,20-21H,1-2H3,(H,27,31)(H,28,32)(H,29,30). The van der Waals surface area contributed by atoms with Gasteiger partial charge in [0.05, 0.1) is 17.3 Å². The summed E-state index contributed by atoms with van der Waals surface area (Å²) in [5.74, 6) is -3.91. The molecule has 1 aliphatic rings. The maximum Gasteiger partial charge on any atom is 0.238 e. The van der Waals surface area contributed by atoms with Crippen LogP contribution in [0.4, 0.5) is 17.1 Å². The van der Waals surface area contributed by atoms with Gasteiger partial charge >= 0.3 is 0 Å². The summed E-state index contributed by atoms with van der Waals surface area (Å²) in [6, 6.07) is 19.2. The minimum absolute atomic E-state index is 0.453. The summed E-state index contributed by atoms with van der Waals surface area (Å²) >= 11 is 6.04. The van der Waals surface area contributed by atoms with Crippen LogP contribution in [-0.4, -0.2) is 17.7 Å². The van der Waals surface area contributed by atoms with Gasteiger partial charge in [0.25, 0.3) is 0 Å². The molecule has 3 aromatic carbocycles. The molecule has 0 aliphatic carbocycles. The Morgan fingerprint density at radius 1 is 0.844 bits per heavy atom. The molecule has 3 amide bonds. The van der Waals surface area contributed by atoms with Gasteiger partial charge in [-0.3, -0.25) is 14.4 Å². The Labute approximate surface area is 191 Å². The third-order valence-corrected chi connectivity index (χ3v) is 5.83. The van der Waals surface area contributed by atoms with Crippen LogP contribution in [0.15, 0.2) is 66.7 Å². The first-order chi connectivity index (χ1) is 15.3. The van der Waals surface area contributed by atoms with E-state index in [9.17, 15) is 14.4 Å². The average molecular weight is 448 g/mol. The van der Waals surface area contributed by atoms with Crippen LogP contribution in [0.1, 0.15) is 22.6 Å². The summed E-state index contributed by atoms with van der Waals surface area (Å²) in [5, 5.41) is 8.99. The van der Waals surface area contributed by atoms with Gasteiger partial charge in [-0.05, 0) is 54.8 Å².